The molecule has 1 aromatic heterocycles. The number of hydrogen-bond acceptors (Lipinski definition) is 3. The maximum absolute atomic E-state index is 9.27. The van der Waals surface area contributed by atoms with Crippen LogP contribution in [0, 0.1) is 0 Å². The molecule has 1 rings (SSSR count). The lowest BCUT2D eigenvalue weighted by Crippen LogP contribution is -2.05. The molecule has 0 fully saturated rings. The van der Waals surface area contributed by atoms with Crippen molar-refractivity contribution >= 4 is 0 Å². The minimum Gasteiger partial charge on any atom is -0.388 e. The normalized spacial score (nSPS) is 13.4. The Labute approximate surface area is 59.1 Å². The maximum Gasteiger partial charge on any atom is 0.0832 e. The second kappa shape index (κ2) is 3.34. The molecule has 0 spiro atoms. The van der Waals surface area contributed by atoms with Gasteiger partial charge >= 0.3 is 0 Å². The number of aromatic nitrogens is 2. The van der Waals surface area contributed by atoms with Gasteiger partial charge in [0.15, 0.2) is 0 Å². The molecule has 0 radical (unpaired) electrons. The van der Waals surface area contributed by atoms with Gasteiger partial charge < -0.3 is 10.8 Å². The highest BCUT2D eigenvalue weighted by Gasteiger charge is 2.05. The predicted molar refractivity (Wildman–Crippen MR) is 37.2 cm³/mol. The van der Waals surface area contributed by atoms with E-state index in [2.05, 4.69) is 10.2 Å². The number of aliphatic hydroxyl groups excluding tert-OH is 1. The SMILES string of the molecule is NCCC(O)c1cn[nH]c1. The van der Waals surface area contributed by atoms with Crippen LogP contribution in [0.15, 0.2) is 12.4 Å². The van der Waals surface area contributed by atoms with Crippen LogP contribution in [0.25, 0.3) is 0 Å². The summed E-state index contributed by atoms with van der Waals surface area (Å²) in [5.41, 5.74) is 6.04. The molecule has 0 saturated heterocycles. The van der Waals surface area contributed by atoms with Crippen LogP contribution in [0.4, 0.5) is 0 Å². The summed E-state index contributed by atoms with van der Waals surface area (Å²) in [4.78, 5) is 0. The number of H-pyrrole nitrogens is 1. The Morgan fingerprint density at radius 1 is 1.80 bits per heavy atom. The number of hydrogen-bond donors (Lipinski definition) is 3. The second-order valence-electron chi connectivity index (χ2n) is 2.12. The van der Waals surface area contributed by atoms with Crippen molar-refractivity contribution in [3.63, 3.8) is 0 Å². The van der Waals surface area contributed by atoms with Gasteiger partial charge in [0.25, 0.3) is 0 Å². The van der Waals surface area contributed by atoms with E-state index in [1.807, 2.05) is 0 Å². The number of nitrogens with zero attached hydrogens (tertiary/aromatic N) is 1. The van der Waals surface area contributed by atoms with Gasteiger partial charge in [-0.25, -0.2) is 0 Å². The lowest BCUT2D eigenvalue weighted by molar-refractivity contribution is 0.170. The van der Waals surface area contributed by atoms with Gasteiger partial charge in [-0.05, 0) is 13.0 Å². The first kappa shape index (κ1) is 7.24. The number of nitrogens with two attached hydrogens (primary N) is 1. The fraction of sp³-hybridized carbons (Fsp3) is 0.500. The molecule has 4 N–H and O–H groups in total. The van der Waals surface area contributed by atoms with Crippen molar-refractivity contribution in [2.75, 3.05) is 6.54 Å². The quantitative estimate of drug-likeness (QED) is 0.545. The molecule has 0 aliphatic heterocycles. The smallest absolute Gasteiger partial charge is 0.0832 e. The molecule has 10 heavy (non-hydrogen) atoms. The van der Waals surface area contributed by atoms with Gasteiger partial charge in [0.2, 0.25) is 0 Å². The maximum atomic E-state index is 9.27. The third-order valence-corrected chi connectivity index (χ3v) is 1.34. The summed E-state index contributed by atoms with van der Waals surface area (Å²) in [6.45, 7) is 0.492. The van der Waals surface area contributed by atoms with Crippen LogP contribution in [-0.2, 0) is 0 Å². The lowest BCUT2D eigenvalue weighted by atomic mass is 10.1. The van der Waals surface area contributed by atoms with Crippen LogP contribution in [0.3, 0.4) is 0 Å². The Hall–Kier alpha value is -0.870. The zero-order valence-electron chi connectivity index (χ0n) is 5.62. The molecule has 4 nitrogen and oxygen atoms in total. The molecular formula is C6H11N3O. The topological polar surface area (TPSA) is 74.9 Å². The Kier molecular flexibility index (Phi) is 2.42. The summed E-state index contributed by atoms with van der Waals surface area (Å²) in [7, 11) is 0. The van der Waals surface area contributed by atoms with Gasteiger partial charge in [-0.2, -0.15) is 5.10 Å². The van der Waals surface area contributed by atoms with Crippen LogP contribution in [0.5, 0.6) is 0 Å². The summed E-state index contributed by atoms with van der Waals surface area (Å²) in [6, 6.07) is 0. The monoisotopic (exact) mass is 141 g/mol. The highest BCUT2D eigenvalue weighted by Crippen LogP contribution is 2.12. The summed E-state index contributed by atoms with van der Waals surface area (Å²) in [6.07, 6.45) is 3.38. The standard InChI is InChI=1S/C6H11N3O/c7-2-1-6(10)5-3-8-9-4-5/h3-4,6,10H,1-2,7H2,(H,8,9). The van der Waals surface area contributed by atoms with E-state index >= 15 is 0 Å². The van der Waals surface area contributed by atoms with Crippen molar-refractivity contribution in [2.24, 2.45) is 5.73 Å². The number of nitrogens with one attached hydrogen (secondary N) is 1. The van der Waals surface area contributed by atoms with E-state index in [1.165, 1.54) is 0 Å². The molecule has 1 aromatic rings. The molecule has 1 heterocycles. The summed E-state index contributed by atoms with van der Waals surface area (Å²) >= 11 is 0. The lowest BCUT2D eigenvalue weighted by Gasteiger charge is -2.03. The third-order valence-electron chi connectivity index (χ3n) is 1.34. The van der Waals surface area contributed by atoms with Crippen LogP contribution in [0.1, 0.15) is 18.1 Å². The van der Waals surface area contributed by atoms with Crippen molar-refractivity contribution in [1.82, 2.24) is 10.2 Å². The zero-order valence-corrected chi connectivity index (χ0v) is 5.62. The van der Waals surface area contributed by atoms with Crippen LogP contribution in [0.2, 0.25) is 0 Å². The molecule has 0 aliphatic rings. The van der Waals surface area contributed by atoms with Gasteiger partial charge in [-0.3, -0.25) is 5.10 Å². The molecular weight excluding hydrogens is 130 g/mol. The highest BCUT2D eigenvalue weighted by atomic mass is 16.3. The second-order valence-corrected chi connectivity index (χ2v) is 2.12. The molecule has 1 atom stereocenters. The predicted octanol–water partition coefficient (Wildman–Crippen LogP) is -0.208. The Bertz CT molecular complexity index is 173. The van der Waals surface area contributed by atoms with Gasteiger partial charge in [0.05, 0.1) is 12.3 Å². The number of rotatable bonds is 3. The molecule has 56 valence electrons. The van der Waals surface area contributed by atoms with Gasteiger partial charge in [-0.1, -0.05) is 0 Å². The molecule has 0 bridgehead atoms. The Morgan fingerprint density at radius 2 is 2.60 bits per heavy atom. The van der Waals surface area contributed by atoms with E-state index in [-0.39, 0.29) is 0 Å². The van der Waals surface area contributed by atoms with E-state index in [0.717, 1.165) is 5.56 Å². The van der Waals surface area contributed by atoms with Crippen molar-refractivity contribution in [3.05, 3.63) is 18.0 Å². The molecule has 0 aromatic carbocycles. The van der Waals surface area contributed by atoms with Crippen molar-refractivity contribution < 1.29 is 5.11 Å². The summed E-state index contributed by atoms with van der Waals surface area (Å²) in [5.74, 6) is 0. The van der Waals surface area contributed by atoms with E-state index in [1.54, 1.807) is 12.4 Å². The fourth-order valence-corrected chi connectivity index (χ4v) is 0.768. The molecule has 0 saturated carbocycles. The van der Waals surface area contributed by atoms with Crippen molar-refractivity contribution in [1.29, 1.82) is 0 Å². The number of aliphatic hydroxyl groups is 1. The van der Waals surface area contributed by atoms with Gasteiger partial charge in [0.1, 0.15) is 0 Å². The van der Waals surface area contributed by atoms with Crippen LogP contribution >= 0.6 is 0 Å². The average Bonchev–Trinajstić information content (AvgIpc) is 2.38. The van der Waals surface area contributed by atoms with Crippen molar-refractivity contribution in [3.8, 4) is 0 Å². The Balaban J connectivity index is 2.50. The van der Waals surface area contributed by atoms with E-state index in [4.69, 9.17) is 5.73 Å². The summed E-state index contributed by atoms with van der Waals surface area (Å²) < 4.78 is 0. The first-order valence-corrected chi connectivity index (χ1v) is 3.21. The van der Waals surface area contributed by atoms with Crippen LogP contribution < -0.4 is 5.73 Å². The first-order valence-electron chi connectivity index (χ1n) is 3.21. The molecule has 1 unspecified atom stereocenters. The van der Waals surface area contributed by atoms with Gasteiger partial charge in [-0.15, -0.1) is 0 Å². The molecule has 4 heteroatoms. The Morgan fingerprint density at radius 3 is 3.10 bits per heavy atom. The molecule has 0 aliphatic carbocycles. The van der Waals surface area contributed by atoms with Crippen LogP contribution in [-0.4, -0.2) is 21.8 Å². The minimum atomic E-state index is -0.469. The van der Waals surface area contributed by atoms with Gasteiger partial charge in [0, 0.05) is 11.8 Å². The third kappa shape index (κ3) is 1.55. The highest BCUT2D eigenvalue weighted by molar-refractivity contribution is 5.06. The largest absolute Gasteiger partial charge is 0.388 e. The van der Waals surface area contributed by atoms with E-state index in [9.17, 15) is 5.11 Å². The van der Waals surface area contributed by atoms with Crippen molar-refractivity contribution in [2.45, 2.75) is 12.5 Å². The minimum absolute atomic E-state index is 0.469. The van der Waals surface area contributed by atoms with E-state index in [0.29, 0.717) is 13.0 Å². The summed E-state index contributed by atoms with van der Waals surface area (Å²) in [5, 5.41) is 15.6. The fourth-order valence-electron chi connectivity index (χ4n) is 0.768. The number of aromatic amines is 1. The zero-order chi connectivity index (χ0) is 7.40. The van der Waals surface area contributed by atoms with E-state index < -0.39 is 6.10 Å². The first-order chi connectivity index (χ1) is 4.84. The molecule has 0 amide bonds. The average molecular weight is 141 g/mol.